The molecule has 0 atom stereocenters. The number of ether oxygens (including phenoxy) is 3. The van der Waals surface area contributed by atoms with Crippen LogP contribution in [0, 0.1) is 0 Å². The second kappa shape index (κ2) is 7.98. The molecule has 0 aliphatic carbocycles. The number of benzene rings is 2. The summed E-state index contributed by atoms with van der Waals surface area (Å²) in [6.45, 7) is -0.128. The standard InChI is InChI=1S/C23H17NO5/c1-27-17-6-4-16(5-7-17)20(25)14-28-18-8-9-19-21(12-18)29-22(23(19)26)11-15-3-2-10-24-13-15/h2-13H,14H2,1H3/b22-11-. The lowest BCUT2D eigenvalue weighted by Crippen LogP contribution is -2.11. The van der Waals surface area contributed by atoms with E-state index in [-0.39, 0.29) is 23.9 Å². The highest BCUT2D eigenvalue weighted by Crippen LogP contribution is 2.34. The van der Waals surface area contributed by atoms with Gasteiger partial charge in [0.2, 0.25) is 5.78 Å². The third-order valence-corrected chi connectivity index (χ3v) is 4.41. The van der Waals surface area contributed by atoms with Crippen LogP contribution in [0.15, 0.2) is 72.8 Å². The maximum Gasteiger partial charge on any atom is 0.231 e. The van der Waals surface area contributed by atoms with E-state index in [0.717, 1.165) is 5.56 Å². The van der Waals surface area contributed by atoms with Crippen LogP contribution in [-0.4, -0.2) is 30.3 Å². The SMILES string of the molecule is COc1ccc(C(=O)COc2ccc3c(c2)O/C(=C\c2cccnc2)C3=O)cc1. The molecule has 0 unspecified atom stereocenters. The predicted octanol–water partition coefficient (Wildman–Crippen LogP) is 3.97. The third kappa shape index (κ3) is 4.01. The zero-order chi connectivity index (χ0) is 20.2. The van der Waals surface area contributed by atoms with E-state index in [0.29, 0.717) is 28.4 Å². The average molecular weight is 387 g/mol. The van der Waals surface area contributed by atoms with Crippen molar-refractivity contribution >= 4 is 17.6 Å². The van der Waals surface area contributed by atoms with Crippen LogP contribution in [-0.2, 0) is 0 Å². The molecule has 6 nitrogen and oxygen atoms in total. The molecule has 6 heteroatoms. The molecule has 0 saturated heterocycles. The topological polar surface area (TPSA) is 74.7 Å². The van der Waals surface area contributed by atoms with E-state index in [1.54, 1.807) is 74.1 Å². The molecule has 0 N–H and O–H groups in total. The molecule has 1 aromatic heterocycles. The lowest BCUT2D eigenvalue weighted by atomic mass is 10.1. The van der Waals surface area contributed by atoms with Gasteiger partial charge in [-0.1, -0.05) is 6.07 Å². The molecule has 0 spiro atoms. The van der Waals surface area contributed by atoms with E-state index < -0.39 is 0 Å². The Bertz CT molecular complexity index is 1090. The van der Waals surface area contributed by atoms with Gasteiger partial charge in [-0.05, 0) is 54.1 Å². The van der Waals surface area contributed by atoms with Crippen molar-refractivity contribution < 1.29 is 23.8 Å². The highest BCUT2D eigenvalue weighted by Gasteiger charge is 2.27. The van der Waals surface area contributed by atoms with Gasteiger partial charge in [0.1, 0.15) is 17.2 Å². The Morgan fingerprint density at radius 2 is 1.90 bits per heavy atom. The number of pyridine rings is 1. The Morgan fingerprint density at radius 1 is 1.10 bits per heavy atom. The Kier molecular flexibility index (Phi) is 5.07. The van der Waals surface area contributed by atoms with Gasteiger partial charge in [-0.25, -0.2) is 0 Å². The number of ketones is 2. The van der Waals surface area contributed by atoms with Crippen molar-refractivity contribution in [3.63, 3.8) is 0 Å². The molecule has 2 aromatic carbocycles. The van der Waals surface area contributed by atoms with Crippen molar-refractivity contribution in [2.24, 2.45) is 0 Å². The molecule has 1 aliphatic rings. The van der Waals surface area contributed by atoms with Gasteiger partial charge >= 0.3 is 0 Å². The fourth-order valence-corrected chi connectivity index (χ4v) is 2.88. The predicted molar refractivity (Wildman–Crippen MR) is 106 cm³/mol. The minimum absolute atomic E-state index is 0.128. The van der Waals surface area contributed by atoms with Crippen LogP contribution >= 0.6 is 0 Å². The molecular weight excluding hydrogens is 370 g/mol. The number of nitrogens with zero attached hydrogens (tertiary/aromatic N) is 1. The maximum atomic E-state index is 12.5. The summed E-state index contributed by atoms with van der Waals surface area (Å²) < 4.78 is 16.4. The number of hydrogen-bond donors (Lipinski definition) is 0. The van der Waals surface area contributed by atoms with Crippen LogP contribution < -0.4 is 14.2 Å². The van der Waals surface area contributed by atoms with Crippen LogP contribution in [0.2, 0.25) is 0 Å². The molecule has 29 heavy (non-hydrogen) atoms. The van der Waals surface area contributed by atoms with E-state index in [1.807, 2.05) is 6.07 Å². The number of rotatable bonds is 6. The van der Waals surface area contributed by atoms with Gasteiger partial charge < -0.3 is 14.2 Å². The Morgan fingerprint density at radius 3 is 2.62 bits per heavy atom. The largest absolute Gasteiger partial charge is 0.497 e. The van der Waals surface area contributed by atoms with Crippen molar-refractivity contribution in [2.45, 2.75) is 0 Å². The summed E-state index contributed by atoms with van der Waals surface area (Å²) in [6, 6.07) is 15.3. The summed E-state index contributed by atoms with van der Waals surface area (Å²) in [6.07, 6.45) is 4.94. The Labute approximate surface area is 167 Å². The zero-order valence-corrected chi connectivity index (χ0v) is 15.6. The van der Waals surface area contributed by atoms with Crippen molar-refractivity contribution in [3.8, 4) is 17.2 Å². The van der Waals surface area contributed by atoms with Crippen LogP contribution in [0.4, 0.5) is 0 Å². The van der Waals surface area contributed by atoms with Crippen LogP contribution in [0.25, 0.3) is 6.08 Å². The monoisotopic (exact) mass is 387 g/mol. The molecular formula is C23H17NO5. The molecule has 0 radical (unpaired) electrons. The number of aromatic nitrogens is 1. The number of hydrogen-bond acceptors (Lipinski definition) is 6. The second-order valence-electron chi connectivity index (χ2n) is 6.32. The molecule has 0 bridgehead atoms. The highest BCUT2D eigenvalue weighted by molar-refractivity contribution is 6.14. The van der Waals surface area contributed by atoms with Crippen molar-refractivity contribution in [3.05, 3.63) is 89.4 Å². The summed E-state index contributed by atoms with van der Waals surface area (Å²) in [5.74, 6) is 1.38. The quantitative estimate of drug-likeness (QED) is 0.471. The molecule has 4 rings (SSSR count). The van der Waals surface area contributed by atoms with Gasteiger partial charge in [-0.3, -0.25) is 14.6 Å². The van der Waals surface area contributed by atoms with Crippen molar-refractivity contribution in [1.82, 2.24) is 4.98 Å². The zero-order valence-electron chi connectivity index (χ0n) is 15.6. The van der Waals surface area contributed by atoms with E-state index in [1.165, 1.54) is 0 Å². The summed E-state index contributed by atoms with van der Waals surface area (Å²) in [4.78, 5) is 28.8. The lowest BCUT2D eigenvalue weighted by molar-refractivity contribution is 0.0921. The number of Topliss-reactive ketones (excluding diaryl/α,β-unsaturated/α-hetero) is 2. The fraction of sp³-hybridized carbons (Fsp3) is 0.0870. The number of carbonyl (C=O) groups is 2. The van der Waals surface area contributed by atoms with Gasteiger partial charge in [-0.2, -0.15) is 0 Å². The smallest absolute Gasteiger partial charge is 0.231 e. The minimum Gasteiger partial charge on any atom is -0.497 e. The van der Waals surface area contributed by atoms with E-state index in [9.17, 15) is 9.59 Å². The first kappa shape index (κ1) is 18.4. The summed E-state index contributed by atoms with van der Waals surface area (Å²) in [5, 5.41) is 0. The van der Waals surface area contributed by atoms with Gasteiger partial charge in [0.05, 0.1) is 12.7 Å². The van der Waals surface area contributed by atoms with Gasteiger partial charge in [0.15, 0.2) is 18.1 Å². The molecule has 2 heterocycles. The van der Waals surface area contributed by atoms with Gasteiger partial charge in [0, 0.05) is 24.0 Å². The molecule has 1 aliphatic heterocycles. The highest BCUT2D eigenvalue weighted by atomic mass is 16.5. The fourth-order valence-electron chi connectivity index (χ4n) is 2.88. The van der Waals surface area contributed by atoms with E-state index in [4.69, 9.17) is 14.2 Å². The first-order chi connectivity index (χ1) is 14.1. The summed E-state index contributed by atoms with van der Waals surface area (Å²) >= 11 is 0. The van der Waals surface area contributed by atoms with Crippen LogP contribution in [0.1, 0.15) is 26.3 Å². The van der Waals surface area contributed by atoms with Gasteiger partial charge in [0.25, 0.3) is 0 Å². The average Bonchev–Trinajstić information content (AvgIpc) is 3.07. The number of methoxy groups -OCH3 is 1. The number of fused-ring (bicyclic) bond motifs is 1. The van der Waals surface area contributed by atoms with Crippen LogP contribution in [0.3, 0.4) is 0 Å². The van der Waals surface area contributed by atoms with E-state index in [2.05, 4.69) is 4.98 Å². The second-order valence-corrected chi connectivity index (χ2v) is 6.32. The van der Waals surface area contributed by atoms with Crippen molar-refractivity contribution in [2.75, 3.05) is 13.7 Å². The molecule has 0 fully saturated rings. The lowest BCUT2D eigenvalue weighted by Gasteiger charge is -2.07. The number of carbonyl (C=O) groups excluding carboxylic acids is 2. The first-order valence-electron chi connectivity index (χ1n) is 8.92. The molecule has 3 aromatic rings. The molecule has 144 valence electrons. The molecule has 0 saturated carbocycles. The Balaban J connectivity index is 1.44. The van der Waals surface area contributed by atoms with Gasteiger partial charge in [-0.15, -0.1) is 0 Å². The third-order valence-electron chi connectivity index (χ3n) is 4.41. The van der Waals surface area contributed by atoms with E-state index >= 15 is 0 Å². The number of allylic oxidation sites excluding steroid dienone is 1. The Hall–Kier alpha value is -3.93. The minimum atomic E-state index is -0.204. The first-order valence-corrected chi connectivity index (χ1v) is 8.92. The normalized spacial score (nSPS) is 13.7. The maximum absolute atomic E-state index is 12.5. The van der Waals surface area contributed by atoms with Crippen molar-refractivity contribution in [1.29, 1.82) is 0 Å². The molecule has 0 amide bonds. The summed E-state index contributed by atoms with van der Waals surface area (Å²) in [5.41, 5.74) is 1.75. The summed E-state index contributed by atoms with van der Waals surface area (Å²) in [7, 11) is 1.57. The van der Waals surface area contributed by atoms with Crippen LogP contribution in [0.5, 0.6) is 17.2 Å².